The van der Waals surface area contributed by atoms with E-state index in [1.165, 1.54) is 23.9 Å². The van der Waals surface area contributed by atoms with E-state index in [4.69, 9.17) is 11.6 Å². The zero-order chi connectivity index (χ0) is 21.3. The minimum atomic E-state index is -0.501. The molecule has 0 saturated carbocycles. The van der Waals surface area contributed by atoms with E-state index >= 15 is 0 Å². The van der Waals surface area contributed by atoms with Crippen LogP contribution in [-0.4, -0.2) is 59.0 Å². The van der Waals surface area contributed by atoms with E-state index in [0.717, 1.165) is 16.6 Å². The van der Waals surface area contributed by atoms with Gasteiger partial charge in [-0.25, -0.2) is 4.39 Å². The van der Waals surface area contributed by atoms with Gasteiger partial charge in [0.1, 0.15) is 5.82 Å². The van der Waals surface area contributed by atoms with Crippen LogP contribution in [0.15, 0.2) is 47.4 Å². The lowest BCUT2D eigenvalue weighted by molar-refractivity contribution is -0.134. The molecule has 2 aliphatic rings. The van der Waals surface area contributed by atoms with Crippen molar-refractivity contribution in [1.82, 2.24) is 9.80 Å². The first-order valence-electron chi connectivity index (χ1n) is 9.51. The molecule has 0 radical (unpaired) electrons. The molecule has 2 heterocycles. The lowest BCUT2D eigenvalue weighted by atomic mass is 10.1. The molecule has 6 nitrogen and oxygen atoms in total. The molecule has 3 amide bonds. The Morgan fingerprint density at radius 3 is 2.53 bits per heavy atom. The van der Waals surface area contributed by atoms with Gasteiger partial charge in [0.2, 0.25) is 11.8 Å². The number of benzene rings is 2. The standard InChI is InChI=1S/C21H19ClFN3O3S/c22-15-11-13(23)5-6-14(15)21(29)26-9-7-25(8-10-26)19(27)12-18-20(28)24-16-3-1-2-4-17(16)30-18/h1-6,11,18H,7-10,12H2,(H,24,28). The van der Waals surface area contributed by atoms with Crippen molar-refractivity contribution in [1.29, 1.82) is 0 Å². The number of piperazine rings is 1. The number of hydrogen-bond donors (Lipinski definition) is 1. The van der Waals surface area contributed by atoms with Crippen molar-refractivity contribution in [3.63, 3.8) is 0 Å². The molecule has 9 heteroatoms. The van der Waals surface area contributed by atoms with E-state index in [-0.39, 0.29) is 34.7 Å². The molecule has 30 heavy (non-hydrogen) atoms. The van der Waals surface area contributed by atoms with Crippen molar-refractivity contribution in [3.8, 4) is 0 Å². The number of nitrogens with one attached hydrogen (secondary N) is 1. The molecule has 0 bridgehead atoms. The number of amides is 3. The number of anilines is 1. The Morgan fingerprint density at radius 2 is 1.80 bits per heavy atom. The predicted molar refractivity (Wildman–Crippen MR) is 113 cm³/mol. The number of nitrogens with zero attached hydrogens (tertiary/aromatic N) is 2. The number of carbonyl (C=O) groups excluding carboxylic acids is 3. The fraction of sp³-hybridized carbons (Fsp3) is 0.286. The summed E-state index contributed by atoms with van der Waals surface area (Å²) in [5.74, 6) is -1.08. The van der Waals surface area contributed by atoms with Gasteiger partial charge in [0.25, 0.3) is 5.91 Å². The summed E-state index contributed by atoms with van der Waals surface area (Å²) in [6.07, 6.45) is 0.0998. The van der Waals surface area contributed by atoms with E-state index in [1.54, 1.807) is 9.80 Å². The monoisotopic (exact) mass is 447 g/mol. The summed E-state index contributed by atoms with van der Waals surface area (Å²) < 4.78 is 13.2. The summed E-state index contributed by atoms with van der Waals surface area (Å²) in [7, 11) is 0. The van der Waals surface area contributed by atoms with Crippen molar-refractivity contribution in [3.05, 3.63) is 58.9 Å². The summed E-state index contributed by atoms with van der Waals surface area (Å²) in [6, 6.07) is 11.2. The van der Waals surface area contributed by atoms with Crippen molar-refractivity contribution >= 4 is 46.8 Å². The summed E-state index contributed by atoms with van der Waals surface area (Å²) in [4.78, 5) is 41.9. The van der Waals surface area contributed by atoms with Crippen LogP contribution >= 0.6 is 23.4 Å². The Kier molecular flexibility index (Phi) is 5.97. The third kappa shape index (κ3) is 4.29. The molecule has 0 aromatic heterocycles. The van der Waals surface area contributed by atoms with E-state index in [1.807, 2.05) is 24.3 Å². The van der Waals surface area contributed by atoms with Gasteiger partial charge in [-0.2, -0.15) is 0 Å². The lowest BCUT2D eigenvalue weighted by Crippen LogP contribution is -2.51. The second-order valence-corrected chi connectivity index (χ2v) is 8.74. The van der Waals surface area contributed by atoms with Gasteiger partial charge in [-0.1, -0.05) is 23.7 Å². The molecule has 2 aliphatic heterocycles. The molecular formula is C21H19ClFN3O3S. The number of rotatable bonds is 3. The Bertz CT molecular complexity index is 1010. The van der Waals surface area contributed by atoms with Gasteiger partial charge < -0.3 is 15.1 Å². The fourth-order valence-corrected chi connectivity index (χ4v) is 4.86. The zero-order valence-corrected chi connectivity index (χ0v) is 17.5. The number of carbonyl (C=O) groups is 3. The van der Waals surface area contributed by atoms with Crippen LogP contribution < -0.4 is 5.32 Å². The maximum atomic E-state index is 13.2. The number of fused-ring (bicyclic) bond motifs is 1. The number of halogens is 2. The molecular weight excluding hydrogens is 429 g/mol. The third-order valence-corrected chi connectivity index (χ3v) is 6.74. The van der Waals surface area contributed by atoms with Gasteiger partial charge in [-0.05, 0) is 30.3 Å². The van der Waals surface area contributed by atoms with Crippen LogP contribution in [0.2, 0.25) is 5.02 Å². The van der Waals surface area contributed by atoms with Gasteiger partial charge in [0.05, 0.1) is 21.5 Å². The second-order valence-electron chi connectivity index (χ2n) is 7.09. The quantitative estimate of drug-likeness (QED) is 0.784. The van der Waals surface area contributed by atoms with E-state index in [2.05, 4.69) is 5.32 Å². The second kappa shape index (κ2) is 8.65. The Morgan fingerprint density at radius 1 is 1.10 bits per heavy atom. The number of para-hydroxylation sites is 1. The molecule has 0 spiro atoms. The van der Waals surface area contributed by atoms with E-state index in [0.29, 0.717) is 26.2 Å². The topological polar surface area (TPSA) is 69.7 Å². The molecule has 1 atom stereocenters. The highest BCUT2D eigenvalue weighted by molar-refractivity contribution is 8.01. The van der Waals surface area contributed by atoms with E-state index in [9.17, 15) is 18.8 Å². The fourth-order valence-electron chi connectivity index (χ4n) is 3.51. The first kappa shape index (κ1) is 20.7. The number of hydrogen-bond acceptors (Lipinski definition) is 4. The Balaban J connectivity index is 1.33. The summed E-state index contributed by atoms with van der Waals surface area (Å²) >= 11 is 7.38. The van der Waals surface area contributed by atoms with Crippen molar-refractivity contribution in [2.45, 2.75) is 16.6 Å². The first-order valence-corrected chi connectivity index (χ1v) is 10.8. The minimum Gasteiger partial charge on any atom is -0.339 e. The Hall–Kier alpha value is -2.58. The summed E-state index contributed by atoms with van der Waals surface area (Å²) in [6.45, 7) is 1.45. The predicted octanol–water partition coefficient (Wildman–Crippen LogP) is 3.27. The van der Waals surface area contributed by atoms with Crippen LogP contribution in [-0.2, 0) is 9.59 Å². The largest absolute Gasteiger partial charge is 0.339 e. The van der Waals surface area contributed by atoms with Gasteiger partial charge >= 0.3 is 0 Å². The molecule has 2 aromatic carbocycles. The average molecular weight is 448 g/mol. The summed E-state index contributed by atoms with van der Waals surface area (Å²) in [5, 5.41) is 2.43. The SMILES string of the molecule is O=C1Nc2ccccc2SC1CC(=O)N1CCN(C(=O)c2ccc(F)cc2Cl)CC1. The van der Waals surface area contributed by atoms with E-state index < -0.39 is 11.1 Å². The molecule has 2 aromatic rings. The maximum absolute atomic E-state index is 13.2. The van der Waals surface area contributed by atoms with Gasteiger partial charge in [-0.15, -0.1) is 11.8 Å². The highest BCUT2D eigenvalue weighted by Crippen LogP contribution is 2.36. The molecule has 1 fully saturated rings. The third-order valence-electron chi connectivity index (χ3n) is 5.15. The molecule has 1 unspecified atom stereocenters. The normalized spacial score (nSPS) is 18.6. The van der Waals surface area contributed by atoms with Crippen molar-refractivity contribution < 1.29 is 18.8 Å². The lowest BCUT2D eigenvalue weighted by Gasteiger charge is -2.35. The van der Waals surface area contributed by atoms with Crippen LogP contribution in [0.1, 0.15) is 16.8 Å². The smallest absolute Gasteiger partial charge is 0.255 e. The van der Waals surface area contributed by atoms with Gasteiger partial charge in [0.15, 0.2) is 0 Å². The van der Waals surface area contributed by atoms with Crippen LogP contribution in [0.4, 0.5) is 10.1 Å². The maximum Gasteiger partial charge on any atom is 0.255 e. The zero-order valence-electron chi connectivity index (χ0n) is 15.9. The highest BCUT2D eigenvalue weighted by atomic mass is 35.5. The highest BCUT2D eigenvalue weighted by Gasteiger charge is 2.32. The summed E-state index contributed by atoms with van der Waals surface area (Å²) in [5.41, 5.74) is 1.01. The van der Waals surface area contributed by atoms with Crippen LogP contribution in [0.3, 0.4) is 0 Å². The van der Waals surface area contributed by atoms with Crippen molar-refractivity contribution in [2.24, 2.45) is 0 Å². The van der Waals surface area contributed by atoms with Crippen molar-refractivity contribution in [2.75, 3.05) is 31.5 Å². The van der Waals surface area contributed by atoms with Gasteiger partial charge in [0, 0.05) is 37.5 Å². The average Bonchev–Trinajstić information content (AvgIpc) is 2.74. The molecule has 4 rings (SSSR count). The van der Waals surface area contributed by atoms with Gasteiger partial charge in [-0.3, -0.25) is 14.4 Å². The van der Waals surface area contributed by atoms with Crippen LogP contribution in [0, 0.1) is 5.82 Å². The van der Waals surface area contributed by atoms with Crippen LogP contribution in [0.25, 0.3) is 0 Å². The minimum absolute atomic E-state index is 0.0686. The molecule has 1 saturated heterocycles. The first-order chi connectivity index (χ1) is 14.4. The molecule has 156 valence electrons. The molecule has 1 N–H and O–H groups in total. The Labute approximate surface area is 182 Å². The van der Waals surface area contributed by atoms with Crippen LogP contribution in [0.5, 0.6) is 0 Å². The number of thioether (sulfide) groups is 1. The molecule has 0 aliphatic carbocycles.